The van der Waals surface area contributed by atoms with Gasteiger partial charge in [0.25, 0.3) is 5.91 Å². The molecule has 0 unspecified atom stereocenters. The Bertz CT molecular complexity index is 2500. The summed E-state index contributed by atoms with van der Waals surface area (Å²) in [6, 6.07) is 27.3. The quantitative estimate of drug-likeness (QED) is 0.0291. The number of rotatable bonds is 21. The number of alkyl halides is 2. The number of aromatic amines is 2. The van der Waals surface area contributed by atoms with Crippen LogP contribution in [0.2, 0.25) is 0 Å². The van der Waals surface area contributed by atoms with Gasteiger partial charge in [-0.25, -0.2) is 9.97 Å². The van der Waals surface area contributed by atoms with Crippen molar-refractivity contribution in [3.05, 3.63) is 90.5 Å². The Morgan fingerprint density at radius 3 is 2.17 bits per heavy atom. The van der Waals surface area contributed by atoms with Crippen LogP contribution in [0.5, 0.6) is 5.75 Å². The average molecular weight is 919 g/mol. The summed E-state index contributed by atoms with van der Waals surface area (Å²) in [5.74, 6) is 2.47. The summed E-state index contributed by atoms with van der Waals surface area (Å²) in [7, 11) is -2.19. The molecule has 0 radical (unpaired) electrons. The van der Waals surface area contributed by atoms with Crippen molar-refractivity contribution in [2.45, 2.75) is 19.3 Å². The van der Waals surface area contributed by atoms with Crippen LogP contribution in [0, 0.1) is 0 Å². The second-order valence-corrected chi connectivity index (χ2v) is 18.2. The number of H-pyrrole nitrogens is 2. The monoisotopic (exact) mass is 917 g/mol. The van der Waals surface area contributed by atoms with Crippen LogP contribution in [0.3, 0.4) is 0 Å². The summed E-state index contributed by atoms with van der Waals surface area (Å²) in [6.07, 6.45) is 0.128. The number of carbonyl (C=O) groups is 2. The van der Waals surface area contributed by atoms with Gasteiger partial charge < -0.3 is 49.4 Å². The molecule has 15 nitrogen and oxygen atoms in total. The SMILES string of the molecule is CN1CCN(c2ccc3[nH]c(-c4ccc5nc(-c6ccc(OCCCN(CCCNC(=O)c7ccc(N(CCCl)CCCl)cc7)C(=O)CCP(=O)(O)O)cc6)[nH]c5c4)nc3c2)CC1. The van der Waals surface area contributed by atoms with Crippen molar-refractivity contribution < 1.29 is 28.7 Å². The van der Waals surface area contributed by atoms with Crippen LogP contribution in [0.15, 0.2) is 84.9 Å². The molecule has 4 aromatic carbocycles. The highest BCUT2D eigenvalue weighted by atomic mass is 35.5. The van der Waals surface area contributed by atoms with Crippen molar-refractivity contribution in [1.82, 2.24) is 35.1 Å². The first-order valence-electron chi connectivity index (χ1n) is 21.2. The molecule has 7 rings (SSSR count). The number of nitrogens with one attached hydrogen (secondary N) is 3. The summed E-state index contributed by atoms with van der Waals surface area (Å²) in [5.41, 5.74) is 8.11. The number of ether oxygens (including phenoxy) is 1. The second-order valence-electron chi connectivity index (χ2n) is 15.7. The summed E-state index contributed by atoms with van der Waals surface area (Å²) in [4.78, 5) is 69.7. The van der Waals surface area contributed by atoms with E-state index < -0.39 is 13.8 Å². The zero-order valence-electron chi connectivity index (χ0n) is 35.3. The maximum atomic E-state index is 13.0. The molecule has 1 fully saturated rings. The van der Waals surface area contributed by atoms with Crippen LogP contribution in [-0.2, 0) is 9.36 Å². The highest BCUT2D eigenvalue weighted by molar-refractivity contribution is 7.51. The number of carbonyl (C=O) groups excluding carboxylic acids is 2. The van der Waals surface area contributed by atoms with E-state index in [2.05, 4.69) is 56.4 Å². The number of fused-ring (bicyclic) bond motifs is 2. The molecular weight excluding hydrogens is 864 g/mol. The lowest BCUT2D eigenvalue weighted by Gasteiger charge is -2.34. The summed E-state index contributed by atoms with van der Waals surface area (Å²) < 4.78 is 17.5. The number of piperazine rings is 1. The number of hydrogen-bond acceptors (Lipinski definition) is 9. The minimum absolute atomic E-state index is 0.245. The summed E-state index contributed by atoms with van der Waals surface area (Å²) in [6.45, 7) is 6.61. The first kappa shape index (κ1) is 45.9. The van der Waals surface area contributed by atoms with E-state index in [1.807, 2.05) is 53.4 Å². The number of benzene rings is 4. The standard InChI is InChI=1S/C45H54Cl2N9O6P/c1-53-24-26-55(27-25-53)36-11-15-39-41(31-36)52-44(50-39)34-8-14-38-40(30-34)51-43(49-38)32-6-12-37(13-7-32)62-28-3-21-56(42(57)16-29-63(59,60)61)20-2-19-48-45(58)33-4-9-35(10-5-33)54(22-17-46)23-18-47/h4-15,30-31H,2-3,16-29H2,1H3,(H,48,58)(H,49,51)(H,50,52)(H2,59,60,61). The highest BCUT2D eigenvalue weighted by Gasteiger charge is 2.21. The molecule has 0 bridgehead atoms. The Kier molecular flexibility index (Phi) is 15.6. The van der Waals surface area contributed by atoms with Crippen LogP contribution in [0.4, 0.5) is 11.4 Å². The molecule has 0 aliphatic carbocycles. The van der Waals surface area contributed by atoms with Gasteiger partial charge in [-0.3, -0.25) is 14.2 Å². The lowest BCUT2D eigenvalue weighted by molar-refractivity contribution is -0.131. The third-order valence-corrected chi connectivity index (χ3v) is 12.3. The van der Waals surface area contributed by atoms with E-state index in [1.165, 1.54) is 5.69 Å². The minimum atomic E-state index is -4.35. The Morgan fingerprint density at radius 2 is 1.46 bits per heavy atom. The molecule has 0 spiro atoms. The maximum Gasteiger partial charge on any atom is 0.326 e. The number of likely N-dealkylation sites (N-methyl/N-ethyl adjacent to an activating group) is 1. The molecule has 0 atom stereocenters. The van der Waals surface area contributed by atoms with Crippen LogP contribution in [-0.4, -0.2) is 142 Å². The van der Waals surface area contributed by atoms with Crippen molar-refractivity contribution in [1.29, 1.82) is 0 Å². The normalized spacial score (nSPS) is 13.4. The van der Waals surface area contributed by atoms with E-state index in [1.54, 1.807) is 17.0 Å². The third-order valence-electron chi connectivity index (χ3n) is 11.1. The fraction of sp³-hybridized carbons (Fsp3) is 0.378. The number of anilines is 2. The Balaban J connectivity index is 0.898. The van der Waals surface area contributed by atoms with Crippen LogP contribution in [0.1, 0.15) is 29.6 Å². The molecule has 2 aromatic heterocycles. The van der Waals surface area contributed by atoms with E-state index in [0.717, 1.165) is 76.7 Å². The van der Waals surface area contributed by atoms with Gasteiger partial charge in [-0.15, -0.1) is 23.2 Å². The number of nitrogens with zero attached hydrogens (tertiary/aromatic N) is 6. The number of halogens is 2. The highest BCUT2D eigenvalue weighted by Crippen LogP contribution is 2.35. The largest absolute Gasteiger partial charge is 0.494 e. The molecule has 5 N–H and O–H groups in total. The van der Waals surface area contributed by atoms with E-state index in [4.69, 9.17) is 37.9 Å². The third kappa shape index (κ3) is 12.5. The topological polar surface area (TPSA) is 183 Å². The van der Waals surface area contributed by atoms with Crippen LogP contribution >= 0.6 is 30.8 Å². The molecule has 1 aliphatic heterocycles. The zero-order chi connectivity index (χ0) is 44.3. The molecule has 3 heterocycles. The average Bonchev–Trinajstić information content (AvgIpc) is 3.92. The predicted molar refractivity (Wildman–Crippen MR) is 252 cm³/mol. The molecule has 1 aliphatic rings. The van der Waals surface area contributed by atoms with Gasteiger partial charge in [0.15, 0.2) is 0 Å². The fourth-order valence-corrected chi connectivity index (χ4v) is 8.46. The molecule has 334 valence electrons. The number of hydrogen-bond donors (Lipinski definition) is 5. The molecular formula is C45H54Cl2N9O6P. The fourth-order valence-electron chi connectivity index (χ4n) is 7.57. The van der Waals surface area contributed by atoms with Gasteiger partial charge in [0.1, 0.15) is 17.4 Å². The van der Waals surface area contributed by atoms with Crippen LogP contribution in [0.25, 0.3) is 44.8 Å². The predicted octanol–water partition coefficient (Wildman–Crippen LogP) is 6.79. The van der Waals surface area contributed by atoms with Crippen molar-refractivity contribution >= 4 is 76.1 Å². The minimum Gasteiger partial charge on any atom is -0.494 e. The molecule has 18 heteroatoms. The van der Waals surface area contributed by atoms with Gasteiger partial charge in [0, 0.05) is 105 Å². The Morgan fingerprint density at radius 1 is 0.794 bits per heavy atom. The Hall–Kier alpha value is -5.15. The first-order chi connectivity index (χ1) is 30.5. The second kappa shape index (κ2) is 21.5. The van der Waals surface area contributed by atoms with E-state index in [9.17, 15) is 23.9 Å². The summed E-state index contributed by atoms with van der Waals surface area (Å²) in [5, 5.41) is 2.89. The molecule has 63 heavy (non-hydrogen) atoms. The van der Waals surface area contributed by atoms with E-state index >= 15 is 0 Å². The van der Waals surface area contributed by atoms with Gasteiger partial charge in [-0.1, -0.05) is 0 Å². The Labute approximate surface area is 376 Å². The van der Waals surface area contributed by atoms with E-state index in [0.29, 0.717) is 75.2 Å². The molecule has 0 saturated carbocycles. The molecule has 6 aromatic rings. The van der Waals surface area contributed by atoms with Crippen LogP contribution < -0.4 is 19.9 Å². The lowest BCUT2D eigenvalue weighted by Crippen LogP contribution is -2.44. The zero-order valence-corrected chi connectivity index (χ0v) is 37.7. The smallest absolute Gasteiger partial charge is 0.326 e. The van der Waals surface area contributed by atoms with Gasteiger partial charge in [-0.2, -0.15) is 0 Å². The van der Waals surface area contributed by atoms with Gasteiger partial charge in [0.2, 0.25) is 5.91 Å². The summed E-state index contributed by atoms with van der Waals surface area (Å²) >= 11 is 11.9. The first-order valence-corrected chi connectivity index (χ1v) is 24.1. The molecule has 1 saturated heterocycles. The maximum absolute atomic E-state index is 13.0. The van der Waals surface area contributed by atoms with Crippen molar-refractivity contribution in [3.63, 3.8) is 0 Å². The number of aromatic nitrogens is 4. The van der Waals surface area contributed by atoms with Gasteiger partial charge in [0.05, 0.1) is 34.8 Å². The van der Waals surface area contributed by atoms with Crippen molar-refractivity contribution in [2.75, 3.05) is 100 Å². The number of imidazole rings is 2. The lowest BCUT2D eigenvalue weighted by atomic mass is 10.1. The van der Waals surface area contributed by atoms with Crippen molar-refractivity contribution in [2.24, 2.45) is 0 Å². The van der Waals surface area contributed by atoms with E-state index in [-0.39, 0.29) is 18.2 Å². The molecule has 2 amide bonds. The van der Waals surface area contributed by atoms with Crippen molar-refractivity contribution in [3.8, 4) is 28.5 Å². The van der Waals surface area contributed by atoms with Gasteiger partial charge in [-0.05, 0) is 105 Å². The van der Waals surface area contributed by atoms with Gasteiger partial charge >= 0.3 is 7.60 Å². The number of amides is 2.